The van der Waals surface area contributed by atoms with E-state index in [0.29, 0.717) is 16.8 Å². The van der Waals surface area contributed by atoms with Crippen LogP contribution in [0.3, 0.4) is 0 Å². The van der Waals surface area contributed by atoms with Gasteiger partial charge in [-0.15, -0.1) is 11.3 Å². The minimum atomic E-state index is -4.22. The number of likely N-dealkylation sites (tertiary alicyclic amines) is 1. The van der Waals surface area contributed by atoms with E-state index in [4.69, 9.17) is 0 Å². The molecule has 33 heavy (non-hydrogen) atoms. The zero-order valence-electron chi connectivity index (χ0n) is 19.4. The van der Waals surface area contributed by atoms with Gasteiger partial charge in [-0.25, -0.2) is 9.97 Å². The van der Waals surface area contributed by atoms with Gasteiger partial charge in [0.1, 0.15) is 17.0 Å². The molecule has 3 aromatic rings. The molecule has 0 N–H and O–H groups in total. The van der Waals surface area contributed by atoms with E-state index in [1.54, 1.807) is 6.07 Å². The maximum atomic E-state index is 12.9. The minimum Gasteiger partial charge on any atom is -0.355 e. The van der Waals surface area contributed by atoms with Crippen molar-refractivity contribution in [2.75, 3.05) is 31.1 Å². The van der Waals surface area contributed by atoms with Crippen molar-refractivity contribution in [1.29, 1.82) is 0 Å². The number of aryl methyl sites for hydroxylation is 1. The maximum Gasteiger partial charge on any atom is 0.393 e. The Hall–Kier alpha value is -2.20. The van der Waals surface area contributed by atoms with Gasteiger partial charge < -0.3 is 4.90 Å². The van der Waals surface area contributed by atoms with Gasteiger partial charge in [-0.1, -0.05) is 13.8 Å². The highest BCUT2D eigenvalue weighted by atomic mass is 32.1. The van der Waals surface area contributed by atoms with Crippen LogP contribution in [0.4, 0.5) is 19.0 Å². The van der Waals surface area contributed by atoms with Crippen molar-refractivity contribution in [3.05, 3.63) is 34.7 Å². The van der Waals surface area contributed by atoms with Crippen LogP contribution in [0.25, 0.3) is 10.2 Å². The third kappa shape index (κ3) is 4.12. The van der Waals surface area contributed by atoms with Crippen LogP contribution < -0.4 is 4.90 Å². The molecule has 5 rings (SSSR count). The third-order valence-corrected chi connectivity index (χ3v) is 8.21. The molecule has 6 nitrogen and oxygen atoms in total. The monoisotopic (exact) mass is 478 g/mol. The van der Waals surface area contributed by atoms with Crippen LogP contribution in [0.5, 0.6) is 0 Å². The molecule has 0 saturated carbocycles. The Labute approximate surface area is 195 Å². The van der Waals surface area contributed by atoms with E-state index in [0.717, 1.165) is 55.1 Å². The summed E-state index contributed by atoms with van der Waals surface area (Å²) in [6.45, 7) is 10.4. The average Bonchev–Trinajstić information content (AvgIpc) is 3.39. The first-order chi connectivity index (χ1) is 15.6. The Bertz CT molecular complexity index is 1160. The van der Waals surface area contributed by atoms with Crippen LogP contribution >= 0.6 is 11.3 Å². The maximum absolute atomic E-state index is 12.9. The molecule has 2 aliphatic heterocycles. The molecule has 1 atom stereocenters. The Kier molecular flexibility index (Phi) is 5.43. The van der Waals surface area contributed by atoms with Gasteiger partial charge in [0.15, 0.2) is 0 Å². The summed E-state index contributed by atoms with van der Waals surface area (Å²) < 4.78 is 40.6. The molecule has 0 unspecified atom stereocenters. The second-order valence-electron chi connectivity index (χ2n) is 10.00. The molecule has 0 radical (unpaired) electrons. The van der Waals surface area contributed by atoms with Gasteiger partial charge in [0, 0.05) is 60.8 Å². The van der Waals surface area contributed by atoms with E-state index >= 15 is 0 Å². The largest absolute Gasteiger partial charge is 0.393 e. The molecular formula is C23H29F3N6S. The van der Waals surface area contributed by atoms with Gasteiger partial charge in [-0.05, 0) is 25.3 Å². The van der Waals surface area contributed by atoms with Gasteiger partial charge in [-0.3, -0.25) is 9.58 Å². The highest BCUT2D eigenvalue weighted by Crippen LogP contribution is 2.47. The molecule has 10 heteroatoms. The number of anilines is 1. The summed E-state index contributed by atoms with van der Waals surface area (Å²) in [5.41, 5.74) is 2.70. The number of hydrogen-bond donors (Lipinski definition) is 0. The lowest BCUT2D eigenvalue weighted by molar-refractivity contribution is -0.126. The van der Waals surface area contributed by atoms with Crippen molar-refractivity contribution in [3.8, 4) is 0 Å². The van der Waals surface area contributed by atoms with Crippen LogP contribution in [0.2, 0.25) is 0 Å². The van der Waals surface area contributed by atoms with E-state index in [1.807, 2.05) is 17.9 Å². The topological polar surface area (TPSA) is 50.1 Å². The van der Waals surface area contributed by atoms with Crippen molar-refractivity contribution in [2.45, 2.75) is 45.8 Å². The number of hydrogen-bond acceptors (Lipinski definition) is 6. The fourth-order valence-electron chi connectivity index (χ4n) is 5.60. The van der Waals surface area contributed by atoms with E-state index in [2.05, 4.69) is 45.6 Å². The SMILES string of the molecule is Cc1c([C@H](C(C)C)N2CC3(CCN(c4ncnc5sc(CC(F)(F)F)cc45)C3)C2)cnn1C. The highest BCUT2D eigenvalue weighted by Gasteiger charge is 2.50. The number of rotatable bonds is 5. The van der Waals surface area contributed by atoms with E-state index in [1.165, 1.54) is 17.6 Å². The predicted octanol–water partition coefficient (Wildman–Crippen LogP) is 4.75. The molecule has 0 aliphatic carbocycles. The Morgan fingerprint density at radius 3 is 2.58 bits per heavy atom. The summed E-state index contributed by atoms with van der Waals surface area (Å²) in [5.74, 6) is 1.24. The molecule has 2 fully saturated rings. The normalized spacial score (nSPS) is 19.7. The molecule has 2 saturated heterocycles. The van der Waals surface area contributed by atoms with Crippen molar-refractivity contribution in [3.63, 3.8) is 0 Å². The fraction of sp³-hybridized carbons (Fsp3) is 0.609. The van der Waals surface area contributed by atoms with Crippen LogP contribution in [0, 0.1) is 18.3 Å². The quantitative estimate of drug-likeness (QED) is 0.530. The molecule has 3 aromatic heterocycles. The molecule has 1 spiro atoms. The summed E-state index contributed by atoms with van der Waals surface area (Å²) in [6.07, 6.45) is -0.606. The van der Waals surface area contributed by atoms with Crippen LogP contribution in [0.15, 0.2) is 18.6 Å². The summed E-state index contributed by atoms with van der Waals surface area (Å²) in [6, 6.07) is 1.96. The van der Waals surface area contributed by atoms with Crippen molar-refractivity contribution in [1.82, 2.24) is 24.6 Å². The highest BCUT2D eigenvalue weighted by molar-refractivity contribution is 7.18. The number of fused-ring (bicyclic) bond motifs is 1. The molecule has 2 aliphatic rings. The summed E-state index contributed by atoms with van der Waals surface area (Å²) in [4.78, 5) is 14.4. The molecule has 5 heterocycles. The molecule has 0 amide bonds. The van der Waals surface area contributed by atoms with Gasteiger partial charge in [0.05, 0.1) is 18.0 Å². The number of halogens is 3. The van der Waals surface area contributed by atoms with E-state index < -0.39 is 12.6 Å². The molecule has 0 aromatic carbocycles. The third-order valence-electron chi connectivity index (χ3n) is 7.17. The van der Waals surface area contributed by atoms with Gasteiger partial charge in [0.25, 0.3) is 0 Å². The predicted molar refractivity (Wildman–Crippen MR) is 124 cm³/mol. The van der Waals surface area contributed by atoms with Gasteiger partial charge in [-0.2, -0.15) is 18.3 Å². The summed E-state index contributed by atoms with van der Waals surface area (Å²) in [5, 5.41) is 5.19. The first kappa shape index (κ1) is 22.6. The van der Waals surface area contributed by atoms with Crippen LogP contribution in [-0.4, -0.2) is 57.0 Å². The first-order valence-electron chi connectivity index (χ1n) is 11.3. The second kappa shape index (κ2) is 7.94. The van der Waals surface area contributed by atoms with Crippen molar-refractivity contribution >= 4 is 27.4 Å². The van der Waals surface area contributed by atoms with Crippen molar-refractivity contribution in [2.24, 2.45) is 18.4 Å². The van der Waals surface area contributed by atoms with E-state index in [-0.39, 0.29) is 10.3 Å². The Morgan fingerprint density at radius 1 is 1.18 bits per heavy atom. The van der Waals surface area contributed by atoms with Crippen LogP contribution in [-0.2, 0) is 13.5 Å². The minimum absolute atomic E-state index is 0.200. The second-order valence-corrected chi connectivity index (χ2v) is 11.1. The average molecular weight is 479 g/mol. The number of alkyl halides is 3. The molecule has 178 valence electrons. The van der Waals surface area contributed by atoms with Gasteiger partial charge in [0.2, 0.25) is 0 Å². The first-order valence-corrected chi connectivity index (χ1v) is 12.1. The lowest BCUT2D eigenvalue weighted by Crippen LogP contribution is -2.59. The van der Waals surface area contributed by atoms with Gasteiger partial charge >= 0.3 is 6.18 Å². The number of thiophene rings is 1. The number of aromatic nitrogens is 4. The fourth-order valence-corrected chi connectivity index (χ4v) is 6.62. The molecular weight excluding hydrogens is 449 g/mol. The van der Waals surface area contributed by atoms with Crippen molar-refractivity contribution < 1.29 is 13.2 Å². The zero-order chi connectivity index (χ0) is 23.5. The Morgan fingerprint density at radius 2 is 1.94 bits per heavy atom. The van der Waals surface area contributed by atoms with Crippen LogP contribution in [0.1, 0.15) is 42.4 Å². The van der Waals surface area contributed by atoms with E-state index in [9.17, 15) is 13.2 Å². The smallest absolute Gasteiger partial charge is 0.355 e. The summed E-state index contributed by atoms with van der Waals surface area (Å²) >= 11 is 1.11. The lowest BCUT2D eigenvalue weighted by atomic mass is 9.76. The summed E-state index contributed by atoms with van der Waals surface area (Å²) in [7, 11) is 1.98. The zero-order valence-corrected chi connectivity index (χ0v) is 20.2. The standard InChI is InChI=1S/C23H29F3N6S/c1-14(2)19(18-9-29-30(4)15(18)3)32-11-22(12-32)5-6-31(10-22)20-17-7-16(8-23(24,25)26)33-21(17)28-13-27-20/h7,9,13-14,19H,5-6,8,10-12H2,1-4H3/t19-/m0/s1. The lowest BCUT2D eigenvalue weighted by Gasteiger charge is -2.52. The number of nitrogens with zero attached hydrogens (tertiary/aromatic N) is 6. The Balaban J connectivity index is 1.32. The molecule has 0 bridgehead atoms.